The summed E-state index contributed by atoms with van der Waals surface area (Å²) in [5, 5.41) is 6.98. The zero-order chi connectivity index (χ0) is 19.9. The van der Waals surface area contributed by atoms with E-state index in [4.69, 9.17) is 13.9 Å². The van der Waals surface area contributed by atoms with Crippen molar-refractivity contribution in [2.75, 3.05) is 20.3 Å². The molecular formula is C20H21N3O5. The predicted molar refractivity (Wildman–Crippen MR) is 102 cm³/mol. The zero-order valence-electron chi connectivity index (χ0n) is 15.6. The Hall–Kier alpha value is -3.55. The Morgan fingerprint density at radius 3 is 2.61 bits per heavy atom. The van der Waals surface area contributed by atoms with Crippen LogP contribution in [0.15, 0.2) is 64.0 Å². The molecule has 3 aromatic rings. The number of hydrogen-bond acceptors (Lipinski definition) is 6. The lowest BCUT2D eigenvalue weighted by Gasteiger charge is -2.15. The average molecular weight is 383 g/mol. The van der Waals surface area contributed by atoms with Crippen LogP contribution in [0.1, 0.15) is 13.0 Å². The molecule has 8 heteroatoms. The lowest BCUT2D eigenvalue weighted by molar-refractivity contribution is -0.124. The Morgan fingerprint density at radius 1 is 1.18 bits per heavy atom. The minimum absolute atomic E-state index is 0.291. The van der Waals surface area contributed by atoms with E-state index in [2.05, 4.69) is 10.4 Å². The number of furan rings is 1. The molecule has 1 unspecified atom stereocenters. The molecule has 28 heavy (non-hydrogen) atoms. The zero-order valence-corrected chi connectivity index (χ0v) is 15.6. The second kappa shape index (κ2) is 8.90. The Kier molecular flexibility index (Phi) is 6.11. The molecule has 0 aliphatic heterocycles. The van der Waals surface area contributed by atoms with Crippen molar-refractivity contribution in [1.29, 1.82) is 0 Å². The Balaban J connectivity index is 1.55. The number of nitrogens with one attached hydrogen (secondary N) is 1. The molecule has 0 aliphatic carbocycles. The molecule has 2 aromatic heterocycles. The van der Waals surface area contributed by atoms with E-state index in [0.717, 1.165) is 10.4 Å². The first-order valence-electron chi connectivity index (χ1n) is 8.77. The van der Waals surface area contributed by atoms with Gasteiger partial charge in [0.1, 0.15) is 29.8 Å². The van der Waals surface area contributed by atoms with Gasteiger partial charge in [-0.05, 0) is 49.4 Å². The molecule has 0 spiro atoms. The lowest BCUT2D eigenvalue weighted by Crippen LogP contribution is -2.38. The standard InChI is InChI=1S/C20H21N3O5/c1-14(23-19(24)10-9-17(22-23)18-4-3-12-28-18)20(25)21-11-13-27-16-7-5-15(26-2)6-8-16/h3-10,12,14H,11,13H2,1-2H3,(H,21,25). The molecule has 0 fully saturated rings. The van der Waals surface area contributed by atoms with Gasteiger partial charge in [0.05, 0.1) is 19.9 Å². The van der Waals surface area contributed by atoms with Crippen molar-refractivity contribution in [3.8, 4) is 23.0 Å². The summed E-state index contributed by atoms with van der Waals surface area (Å²) < 4.78 is 17.1. The van der Waals surface area contributed by atoms with Gasteiger partial charge in [-0.15, -0.1) is 0 Å². The van der Waals surface area contributed by atoms with E-state index in [1.54, 1.807) is 56.5 Å². The Morgan fingerprint density at radius 2 is 1.93 bits per heavy atom. The van der Waals surface area contributed by atoms with Crippen molar-refractivity contribution in [1.82, 2.24) is 15.1 Å². The van der Waals surface area contributed by atoms with Crippen LogP contribution in [0.4, 0.5) is 0 Å². The molecule has 3 rings (SSSR count). The van der Waals surface area contributed by atoms with Crippen LogP contribution in [-0.2, 0) is 4.79 Å². The number of ether oxygens (including phenoxy) is 2. The van der Waals surface area contributed by atoms with Gasteiger partial charge in [0, 0.05) is 6.07 Å². The van der Waals surface area contributed by atoms with Crippen LogP contribution in [0.25, 0.3) is 11.5 Å². The maximum atomic E-state index is 12.4. The van der Waals surface area contributed by atoms with E-state index < -0.39 is 6.04 Å². The smallest absolute Gasteiger partial charge is 0.267 e. The van der Waals surface area contributed by atoms with Crippen molar-refractivity contribution in [2.45, 2.75) is 13.0 Å². The summed E-state index contributed by atoms with van der Waals surface area (Å²) in [7, 11) is 1.59. The highest BCUT2D eigenvalue weighted by atomic mass is 16.5. The second-order valence-electron chi connectivity index (χ2n) is 5.97. The van der Waals surface area contributed by atoms with Gasteiger partial charge >= 0.3 is 0 Å². The summed E-state index contributed by atoms with van der Waals surface area (Å²) in [5.74, 6) is 1.61. The maximum absolute atomic E-state index is 12.4. The van der Waals surface area contributed by atoms with Crippen molar-refractivity contribution >= 4 is 5.91 Å². The van der Waals surface area contributed by atoms with Crippen LogP contribution in [-0.4, -0.2) is 35.9 Å². The van der Waals surface area contributed by atoms with Crippen LogP contribution in [0.2, 0.25) is 0 Å². The maximum Gasteiger partial charge on any atom is 0.267 e. The minimum Gasteiger partial charge on any atom is -0.497 e. The summed E-state index contributed by atoms with van der Waals surface area (Å²) in [6, 6.07) is 12.8. The minimum atomic E-state index is -0.775. The quantitative estimate of drug-likeness (QED) is 0.600. The molecule has 0 aliphatic rings. The highest BCUT2D eigenvalue weighted by Crippen LogP contribution is 2.17. The average Bonchev–Trinajstić information content (AvgIpc) is 3.26. The lowest BCUT2D eigenvalue weighted by atomic mass is 10.3. The van der Waals surface area contributed by atoms with E-state index in [9.17, 15) is 9.59 Å². The monoisotopic (exact) mass is 383 g/mol. The second-order valence-corrected chi connectivity index (χ2v) is 5.97. The molecule has 8 nitrogen and oxygen atoms in total. The van der Waals surface area contributed by atoms with E-state index in [-0.39, 0.29) is 11.5 Å². The number of carbonyl (C=O) groups excluding carboxylic acids is 1. The van der Waals surface area contributed by atoms with Crippen molar-refractivity contribution in [2.24, 2.45) is 0 Å². The van der Waals surface area contributed by atoms with Gasteiger partial charge in [-0.25, -0.2) is 4.68 Å². The molecule has 0 saturated heterocycles. The molecule has 1 N–H and O–H groups in total. The molecule has 0 saturated carbocycles. The van der Waals surface area contributed by atoms with Crippen LogP contribution >= 0.6 is 0 Å². The Bertz CT molecular complexity index is 964. The SMILES string of the molecule is COc1ccc(OCCNC(=O)C(C)n2nc(-c3ccco3)ccc2=O)cc1. The topological polar surface area (TPSA) is 95.6 Å². The molecule has 1 atom stereocenters. The number of aromatic nitrogens is 2. The number of nitrogens with zero attached hydrogens (tertiary/aromatic N) is 2. The molecule has 2 heterocycles. The highest BCUT2D eigenvalue weighted by Gasteiger charge is 2.18. The van der Waals surface area contributed by atoms with Crippen LogP contribution < -0.4 is 20.3 Å². The van der Waals surface area contributed by atoms with Gasteiger partial charge in [0.15, 0.2) is 5.76 Å². The fraction of sp³-hybridized carbons (Fsp3) is 0.250. The predicted octanol–water partition coefficient (Wildman–Crippen LogP) is 2.27. The fourth-order valence-electron chi connectivity index (χ4n) is 2.53. The number of hydrogen-bond donors (Lipinski definition) is 1. The summed E-state index contributed by atoms with van der Waals surface area (Å²) >= 11 is 0. The molecule has 1 amide bonds. The molecule has 0 bridgehead atoms. The van der Waals surface area contributed by atoms with E-state index in [1.807, 2.05) is 0 Å². The fourth-order valence-corrected chi connectivity index (χ4v) is 2.53. The summed E-state index contributed by atoms with van der Waals surface area (Å²) in [5.41, 5.74) is 0.111. The van der Waals surface area contributed by atoms with Crippen LogP contribution in [0, 0.1) is 0 Å². The van der Waals surface area contributed by atoms with E-state index in [1.165, 1.54) is 12.3 Å². The molecule has 0 radical (unpaired) electrons. The first kappa shape index (κ1) is 19.2. The summed E-state index contributed by atoms with van der Waals surface area (Å²) in [4.78, 5) is 24.5. The molecule has 1 aromatic carbocycles. The first-order valence-corrected chi connectivity index (χ1v) is 8.77. The van der Waals surface area contributed by atoms with Crippen molar-refractivity contribution in [3.63, 3.8) is 0 Å². The number of benzene rings is 1. The number of carbonyl (C=O) groups is 1. The van der Waals surface area contributed by atoms with E-state index in [0.29, 0.717) is 30.4 Å². The van der Waals surface area contributed by atoms with Crippen molar-refractivity contribution < 1.29 is 18.7 Å². The van der Waals surface area contributed by atoms with Gasteiger partial charge in [-0.1, -0.05) is 0 Å². The largest absolute Gasteiger partial charge is 0.497 e. The number of methoxy groups -OCH3 is 1. The third-order valence-corrected chi connectivity index (χ3v) is 4.07. The van der Waals surface area contributed by atoms with Gasteiger partial charge in [0.2, 0.25) is 5.91 Å². The number of amides is 1. The van der Waals surface area contributed by atoms with Gasteiger partial charge in [-0.2, -0.15) is 5.10 Å². The van der Waals surface area contributed by atoms with Gasteiger partial charge in [-0.3, -0.25) is 9.59 Å². The molecule has 146 valence electrons. The third kappa shape index (κ3) is 4.59. The van der Waals surface area contributed by atoms with Crippen LogP contribution in [0.3, 0.4) is 0 Å². The van der Waals surface area contributed by atoms with Crippen molar-refractivity contribution in [3.05, 3.63) is 65.1 Å². The Labute approximate surface area is 161 Å². The summed E-state index contributed by atoms with van der Waals surface area (Å²) in [6.07, 6.45) is 1.52. The van der Waals surface area contributed by atoms with E-state index >= 15 is 0 Å². The first-order chi connectivity index (χ1) is 13.6. The van der Waals surface area contributed by atoms with Crippen LogP contribution in [0.5, 0.6) is 11.5 Å². The molecular weight excluding hydrogens is 362 g/mol. The third-order valence-electron chi connectivity index (χ3n) is 4.07. The summed E-state index contributed by atoms with van der Waals surface area (Å²) in [6.45, 7) is 2.20. The highest BCUT2D eigenvalue weighted by molar-refractivity contribution is 5.79. The van der Waals surface area contributed by atoms with Gasteiger partial charge < -0.3 is 19.2 Å². The normalized spacial score (nSPS) is 11.6. The number of rotatable bonds is 8. The van der Waals surface area contributed by atoms with Gasteiger partial charge in [0.25, 0.3) is 5.56 Å².